The van der Waals surface area contributed by atoms with Crippen molar-refractivity contribution in [1.82, 2.24) is 14.8 Å². The Morgan fingerprint density at radius 2 is 2.26 bits per heavy atom. The molecule has 23 heavy (non-hydrogen) atoms. The maximum Gasteiger partial charge on any atom is 0.437 e. The number of hydrogen-bond acceptors (Lipinski definition) is 7. The number of hydrogen-bond donors (Lipinski definition) is 1. The lowest BCUT2D eigenvalue weighted by Crippen LogP contribution is -2.20. The van der Waals surface area contributed by atoms with E-state index in [1.54, 1.807) is 0 Å². The van der Waals surface area contributed by atoms with E-state index in [4.69, 9.17) is 4.42 Å². The molecule has 3 aromatic heterocycles. The van der Waals surface area contributed by atoms with Gasteiger partial charge in [-0.3, -0.25) is 4.79 Å². The summed E-state index contributed by atoms with van der Waals surface area (Å²) in [5, 5.41) is 9.27. The fraction of sp³-hybridized carbons (Fsp3) is 0.286. The van der Waals surface area contributed by atoms with Crippen molar-refractivity contribution in [1.29, 1.82) is 0 Å². The highest BCUT2D eigenvalue weighted by Gasteiger charge is 2.13. The zero-order valence-electron chi connectivity index (χ0n) is 12.5. The minimum absolute atomic E-state index is 0.119. The Morgan fingerprint density at radius 3 is 2.91 bits per heavy atom. The van der Waals surface area contributed by atoms with Crippen molar-refractivity contribution in [2.24, 2.45) is 0 Å². The SMILES string of the molecule is Cc1nc(NC(=O)CCn2nc(-c3cccs3)oc2=O)sc1C. The second kappa shape index (κ2) is 6.47. The number of carbonyl (C=O) groups is 1. The molecule has 0 atom stereocenters. The number of nitrogens with zero attached hydrogens (tertiary/aromatic N) is 3. The molecule has 0 saturated heterocycles. The van der Waals surface area contributed by atoms with Gasteiger partial charge in [-0.05, 0) is 25.3 Å². The van der Waals surface area contributed by atoms with Crippen LogP contribution in [0.2, 0.25) is 0 Å². The van der Waals surface area contributed by atoms with E-state index in [0.717, 1.165) is 20.1 Å². The minimum atomic E-state index is -0.567. The quantitative estimate of drug-likeness (QED) is 0.764. The van der Waals surface area contributed by atoms with Crippen molar-refractivity contribution < 1.29 is 9.21 Å². The standard InChI is InChI=1S/C14H14N4O3S2/c1-8-9(2)23-13(15-8)16-11(19)5-6-18-14(20)21-12(17-18)10-4-3-7-22-10/h3-4,7H,5-6H2,1-2H3,(H,15,16,19). The van der Waals surface area contributed by atoms with Gasteiger partial charge in [0.25, 0.3) is 5.89 Å². The molecule has 0 aliphatic carbocycles. The number of thiazole rings is 1. The predicted octanol–water partition coefficient (Wildman–Crippen LogP) is 2.67. The molecule has 1 amide bonds. The predicted molar refractivity (Wildman–Crippen MR) is 88.9 cm³/mol. The summed E-state index contributed by atoms with van der Waals surface area (Å²) in [6.07, 6.45) is 0.119. The summed E-state index contributed by atoms with van der Waals surface area (Å²) in [7, 11) is 0. The molecule has 0 radical (unpaired) electrons. The van der Waals surface area contributed by atoms with Gasteiger partial charge >= 0.3 is 5.76 Å². The Labute approximate surface area is 139 Å². The van der Waals surface area contributed by atoms with Crippen LogP contribution in [-0.4, -0.2) is 20.7 Å². The van der Waals surface area contributed by atoms with Gasteiger partial charge in [0.05, 0.1) is 17.1 Å². The van der Waals surface area contributed by atoms with Crippen LogP contribution in [0.1, 0.15) is 17.0 Å². The average Bonchev–Trinajstić information content (AvgIpc) is 3.19. The third-order valence-electron chi connectivity index (χ3n) is 3.16. The first-order valence-corrected chi connectivity index (χ1v) is 8.58. The fourth-order valence-electron chi connectivity index (χ4n) is 1.86. The van der Waals surface area contributed by atoms with Crippen molar-refractivity contribution in [3.63, 3.8) is 0 Å². The first kappa shape index (κ1) is 15.6. The van der Waals surface area contributed by atoms with Crippen LogP contribution >= 0.6 is 22.7 Å². The van der Waals surface area contributed by atoms with Crippen molar-refractivity contribution in [2.75, 3.05) is 5.32 Å². The lowest BCUT2D eigenvalue weighted by Gasteiger charge is -2.00. The van der Waals surface area contributed by atoms with E-state index < -0.39 is 5.76 Å². The molecule has 3 aromatic rings. The molecular formula is C14H14N4O3S2. The first-order chi connectivity index (χ1) is 11.0. The molecule has 0 fully saturated rings. The molecule has 3 rings (SSSR count). The van der Waals surface area contributed by atoms with Gasteiger partial charge in [-0.1, -0.05) is 6.07 Å². The molecule has 3 heterocycles. The Morgan fingerprint density at radius 1 is 1.43 bits per heavy atom. The normalized spacial score (nSPS) is 10.9. The highest BCUT2D eigenvalue weighted by atomic mass is 32.1. The molecule has 120 valence electrons. The summed E-state index contributed by atoms with van der Waals surface area (Å²) >= 11 is 2.86. The molecule has 0 aliphatic rings. The highest BCUT2D eigenvalue weighted by Crippen LogP contribution is 2.22. The van der Waals surface area contributed by atoms with E-state index in [2.05, 4.69) is 15.4 Å². The van der Waals surface area contributed by atoms with Gasteiger partial charge in [0.2, 0.25) is 5.91 Å². The molecule has 0 unspecified atom stereocenters. The topological polar surface area (TPSA) is 90.0 Å². The minimum Gasteiger partial charge on any atom is -0.387 e. The summed E-state index contributed by atoms with van der Waals surface area (Å²) < 4.78 is 6.25. The van der Waals surface area contributed by atoms with E-state index in [9.17, 15) is 9.59 Å². The van der Waals surface area contributed by atoms with Crippen LogP contribution in [0.3, 0.4) is 0 Å². The van der Waals surface area contributed by atoms with Gasteiger partial charge in [-0.15, -0.1) is 27.8 Å². The molecule has 1 N–H and O–H groups in total. The number of carbonyl (C=O) groups excluding carboxylic acids is 1. The molecular weight excluding hydrogens is 336 g/mol. The largest absolute Gasteiger partial charge is 0.437 e. The summed E-state index contributed by atoms with van der Waals surface area (Å²) in [4.78, 5) is 29.8. The zero-order valence-corrected chi connectivity index (χ0v) is 14.2. The number of amides is 1. The van der Waals surface area contributed by atoms with Crippen molar-refractivity contribution >= 4 is 33.7 Å². The second-order valence-electron chi connectivity index (χ2n) is 4.83. The molecule has 7 nitrogen and oxygen atoms in total. The molecule has 0 spiro atoms. The third kappa shape index (κ3) is 3.57. The number of rotatable bonds is 5. The van der Waals surface area contributed by atoms with E-state index >= 15 is 0 Å². The van der Waals surface area contributed by atoms with Gasteiger partial charge < -0.3 is 9.73 Å². The summed E-state index contributed by atoms with van der Waals surface area (Å²) in [5.41, 5.74) is 0.901. The van der Waals surface area contributed by atoms with Gasteiger partial charge in [0.1, 0.15) is 0 Å². The van der Waals surface area contributed by atoms with E-state index in [1.165, 1.54) is 22.7 Å². The van der Waals surface area contributed by atoms with Crippen LogP contribution in [0.4, 0.5) is 5.13 Å². The van der Waals surface area contributed by atoms with E-state index in [1.807, 2.05) is 31.4 Å². The van der Waals surface area contributed by atoms with Crippen molar-refractivity contribution in [3.05, 3.63) is 38.6 Å². The maximum atomic E-state index is 11.9. The summed E-state index contributed by atoms with van der Waals surface area (Å²) in [6.45, 7) is 4.00. The molecule has 0 aliphatic heterocycles. The van der Waals surface area contributed by atoms with Crippen LogP contribution < -0.4 is 11.1 Å². The highest BCUT2D eigenvalue weighted by molar-refractivity contribution is 7.15. The average molecular weight is 350 g/mol. The number of nitrogens with one attached hydrogen (secondary N) is 1. The van der Waals surface area contributed by atoms with Gasteiger partial charge in [-0.2, -0.15) is 4.68 Å². The molecule has 9 heteroatoms. The van der Waals surface area contributed by atoms with Crippen LogP contribution in [0.25, 0.3) is 10.8 Å². The van der Waals surface area contributed by atoms with Crippen LogP contribution in [0, 0.1) is 13.8 Å². The molecule has 0 saturated carbocycles. The van der Waals surface area contributed by atoms with Crippen LogP contribution in [0.5, 0.6) is 0 Å². The summed E-state index contributed by atoms with van der Waals surface area (Å²) in [5.74, 6) is -0.509. The monoisotopic (exact) mass is 350 g/mol. The Bertz CT molecular complexity index is 857. The Kier molecular flexibility index (Phi) is 4.39. The van der Waals surface area contributed by atoms with Crippen molar-refractivity contribution in [3.8, 4) is 10.8 Å². The van der Waals surface area contributed by atoms with E-state index in [0.29, 0.717) is 5.13 Å². The lowest BCUT2D eigenvalue weighted by molar-refractivity contribution is -0.116. The molecule has 0 bridgehead atoms. The van der Waals surface area contributed by atoms with Gasteiger partial charge in [0, 0.05) is 11.3 Å². The van der Waals surface area contributed by atoms with Gasteiger partial charge in [0.15, 0.2) is 5.13 Å². The Hall–Kier alpha value is -2.26. The van der Waals surface area contributed by atoms with Gasteiger partial charge in [-0.25, -0.2) is 9.78 Å². The number of thiophene rings is 1. The third-order valence-corrected chi connectivity index (χ3v) is 5.01. The maximum absolute atomic E-state index is 11.9. The number of anilines is 1. The fourth-order valence-corrected chi connectivity index (χ4v) is 3.34. The van der Waals surface area contributed by atoms with Crippen LogP contribution in [0.15, 0.2) is 26.7 Å². The van der Waals surface area contributed by atoms with Crippen LogP contribution in [-0.2, 0) is 11.3 Å². The Balaban J connectivity index is 1.62. The summed E-state index contributed by atoms with van der Waals surface area (Å²) in [6, 6.07) is 3.67. The van der Waals surface area contributed by atoms with E-state index in [-0.39, 0.29) is 24.8 Å². The zero-order chi connectivity index (χ0) is 16.4. The molecule has 0 aromatic carbocycles. The smallest absolute Gasteiger partial charge is 0.387 e. The lowest BCUT2D eigenvalue weighted by atomic mass is 10.4. The second-order valence-corrected chi connectivity index (χ2v) is 6.98. The van der Waals surface area contributed by atoms with Crippen molar-refractivity contribution in [2.45, 2.75) is 26.8 Å². The number of aryl methyl sites for hydroxylation is 3. The first-order valence-electron chi connectivity index (χ1n) is 6.88. The number of aromatic nitrogens is 3.